The van der Waals surface area contributed by atoms with Gasteiger partial charge in [0.15, 0.2) is 0 Å². The number of aromatic nitrogens is 1. The minimum Gasteiger partial charge on any atom is -0.324 e. The van der Waals surface area contributed by atoms with Gasteiger partial charge in [-0.25, -0.2) is 0 Å². The third-order valence-electron chi connectivity index (χ3n) is 3.79. The predicted octanol–water partition coefficient (Wildman–Crippen LogP) is 3.70. The summed E-state index contributed by atoms with van der Waals surface area (Å²) < 4.78 is 0. The molecule has 0 aliphatic heterocycles. The van der Waals surface area contributed by atoms with E-state index in [2.05, 4.69) is 10.3 Å². The van der Waals surface area contributed by atoms with Crippen LogP contribution in [0.4, 0.5) is 5.69 Å². The molecule has 0 saturated carbocycles. The maximum absolute atomic E-state index is 12.2. The number of nitrogens with zero attached hydrogens (tertiary/aromatic N) is 1. The van der Waals surface area contributed by atoms with Crippen molar-refractivity contribution >= 4 is 47.3 Å². The van der Waals surface area contributed by atoms with Gasteiger partial charge in [0.25, 0.3) is 0 Å². The maximum atomic E-state index is 12.2. The van der Waals surface area contributed by atoms with Crippen molar-refractivity contribution in [3.63, 3.8) is 0 Å². The molecule has 0 fully saturated rings. The van der Waals surface area contributed by atoms with Gasteiger partial charge in [-0.05, 0) is 36.6 Å². The number of benzene rings is 1. The van der Waals surface area contributed by atoms with Crippen LogP contribution in [0.1, 0.15) is 25.8 Å². The Morgan fingerprint density at radius 3 is 2.64 bits per heavy atom. The highest BCUT2D eigenvalue weighted by atomic mass is 35.5. The summed E-state index contributed by atoms with van der Waals surface area (Å²) in [4.78, 5) is 16.5. The number of hydrogen-bond donors (Lipinski definition) is 2. The SMILES string of the molecule is CCC(C)C(N)C(=O)Nc1ccc(C)c2ncccc12.Cl.Cl. The molecule has 4 nitrogen and oxygen atoms in total. The quantitative estimate of drug-likeness (QED) is 0.889. The number of pyridine rings is 1. The van der Waals surface area contributed by atoms with E-state index in [1.807, 2.05) is 45.0 Å². The molecule has 0 saturated heterocycles. The number of carbonyl (C=O) groups is 1. The Hall–Kier alpha value is -1.36. The van der Waals surface area contributed by atoms with E-state index in [-0.39, 0.29) is 36.6 Å². The number of amides is 1. The van der Waals surface area contributed by atoms with Gasteiger partial charge < -0.3 is 11.1 Å². The van der Waals surface area contributed by atoms with Crippen molar-refractivity contribution in [3.05, 3.63) is 36.0 Å². The molecular formula is C16H23Cl2N3O. The molecule has 6 heteroatoms. The highest BCUT2D eigenvalue weighted by Gasteiger charge is 2.20. The maximum Gasteiger partial charge on any atom is 0.241 e. The lowest BCUT2D eigenvalue weighted by atomic mass is 9.99. The Morgan fingerprint density at radius 1 is 1.32 bits per heavy atom. The van der Waals surface area contributed by atoms with Crippen LogP contribution in [0.15, 0.2) is 30.5 Å². The number of fused-ring (bicyclic) bond motifs is 1. The first kappa shape index (κ1) is 20.6. The smallest absolute Gasteiger partial charge is 0.241 e. The zero-order valence-corrected chi connectivity index (χ0v) is 14.6. The number of carbonyl (C=O) groups excluding carboxylic acids is 1. The molecule has 2 rings (SSSR count). The van der Waals surface area contributed by atoms with E-state index in [0.29, 0.717) is 0 Å². The summed E-state index contributed by atoms with van der Waals surface area (Å²) in [6, 6.07) is 7.19. The lowest BCUT2D eigenvalue weighted by Crippen LogP contribution is -2.40. The molecule has 1 aromatic heterocycles. The first-order valence-electron chi connectivity index (χ1n) is 6.95. The van der Waals surface area contributed by atoms with Gasteiger partial charge in [-0.1, -0.05) is 26.3 Å². The Bertz CT molecular complexity index is 634. The van der Waals surface area contributed by atoms with E-state index >= 15 is 0 Å². The second kappa shape index (κ2) is 8.93. The van der Waals surface area contributed by atoms with Crippen LogP contribution in [0.2, 0.25) is 0 Å². The monoisotopic (exact) mass is 343 g/mol. The molecule has 1 heterocycles. The summed E-state index contributed by atoms with van der Waals surface area (Å²) in [5.41, 5.74) is 8.72. The van der Waals surface area contributed by atoms with Crippen LogP contribution in [0.3, 0.4) is 0 Å². The third kappa shape index (κ3) is 4.32. The second-order valence-corrected chi connectivity index (χ2v) is 5.23. The zero-order chi connectivity index (χ0) is 14.7. The normalized spacial score (nSPS) is 12.7. The van der Waals surface area contributed by atoms with E-state index in [1.54, 1.807) is 6.20 Å². The predicted molar refractivity (Wildman–Crippen MR) is 97.0 cm³/mol. The van der Waals surface area contributed by atoms with Crippen molar-refractivity contribution in [1.82, 2.24) is 4.98 Å². The van der Waals surface area contributed by atoms with Crippen molar-refractivity contribution in [2.45, 2.75) is 33.2 Å². The average Bonchev–Trinajstić information content (AvgIpc) is 2.48. The average molecular weight is 344 g/mol. The number of hydrogen-bond acceptors (Lipinski definition) is 3. The lowest BCUT2D eigenvalue weighted by molar-refractivity contribution is -0.118. The largest absolute Gasteiger partial charge is 0.324 e. The minimum atomic E-state index is -0.493. The van der Waals surface area contributed by atoms with Crippen LogP contribution in [0, 0.1) is 12.8 Å². The molecule has 2 unspecified atom stereocenters. The molecule has 0 aliphatic rings. The van der Waals surface area contributed by atoms with Crippen LogP contribution in [-0.4, -0.2) is 16.9 Å². The zero-order valence-electron chi connectivity index (χ0n) is 13.0. The first-order valence-corrected chi connectivity index (χ1v) is 6.95. The Kier molecular flexibility index (Phi) is 8.38. The molecule has 3 N–H and O–H groups in total. The number of rotatable bonds is 4. The second-order valence-electron chi connectivity index (χ2n) is 5.23. The highest BCUT2D eigenvalue weighted by molar-refractivity contribution is 6.03. The molecule has 122 valence electrons. The number of anilines is 1. The molecular weight excluding hydrogens is 321 g/mol. The van der Waals surface area contributed by atoms with Gasteiger partial charge in [0.2, 0.25) is 5.91 Å². The number of halogens is 2. The van der Waals surface area contributed by atoms with Gasteiger partial charge >= 0.3 is 0 Å². The molecule has 2 aromatic rings. The Morgan fingerprint density at radius 2 is 2.00 bits per heavy atom. The van der Waals surface area contributed by atoms with Gasteiger partial charge in [0.1, 0.15) is 0 Å². The van der Waals surface area contributed by atoms with Gasteiger partial charge in [-0.2, -0.15) is 0 Å². The minimum absolute atomic E-state index is 0. The van der Waals surface area contributed by atoms with Gasteiger partial charge in [-0.3, -0.25) is 9.78 Å². The summed E-state index contributed by atoms with van der Waals surface area (Å²) in [7, 11) is 0. The number of nitrogens with two attached hydrogens (primary N) is 1. The molecule has 0 spiro atoms. The van der Waals surface area contributed by atoms with Crippen LogP contribution < -0.4 is 11.1 Å². The van der Waals surface area contributed by atoms with Crippen molar-refractivity contribution in [1.29, 1.82) is 0 Å². The van der Waals surface area contributed by atoms with E-state index in [4.69, 9.17) is 5.73 Å². The molecule has 0 bridgehead atoms. The molecule has 1 amide bonds. The summed E-state index contributed by atoms with van der Waals surface area (Å²) in [6.07, 6.45) is 2.64. The first-order chi connectivity index (χ1) is 9.54. The highest BCUT2D eigenvalue weighted by Crippen LogP contribution is 2.24. The Labute approximate surface area is 143 Å². The Balaban J connectivity index is 0.00000220. The van der Waals surface area contributed by atoms with Crippen LogP contribution in [0.5, 0.6) is 0 Å². The molecule has 0 aliphatic carbocycles. The third-order valence-corrected chi connectivity index (χ3v) is 3.79. The van der Waals surface area contributed by atoms with E-state index < -0.39 is 6.04 Å². The van der Waals surface area contributed by atoms with Crippen LogP contribution in [0.25, 0.3) is 10.9 Å². The molecule has 0 radical (unpaired) electrons. The van der Waals surface area contributed by atoms with Gasteiger partial charge in [0, 0.05) is 11.6 Å². The molecule has 2 atom stereocenters. The summed E-state index contributed by atoms with van der Waals surface area (Å²) in [5.74, 6) is 0.0122. The summed E-state index contributed by atoms with van der Waals surface area (Å²) in [6.45, 7) is 6.02. The van der Waals surface area contributed by atoms with Crippen molar-refractivity contribution in [2.24, 2.45) is 11.7 Å². The number of aryl methyl sites for hydroxylation is 1. The van der Waals surface area contributed by atoms with E-state index in [1.165, 1.54) is 0 Å². The summed E-state index contributed by atoms with van der Waals surface area (Å²) >= 11 is 0. The van der Waals surface area contributed by atoms with Crippen LogP contribution >= 0.6 is 24.8 Å². The van der Waals surface area contributed by atoms with Crippen LogP contribution in [-0.2, 0) is 4.79 Å². The molecule has 22 heavy (non-hydrogen) atoms. The number of nitrogens with one attached hydrogen (secondary N) is 1. The van der Waals surface area contributed by atoms with E-state index in [9.17, 15) is 4.79 Å². The van der Waals surface area contributed by atoms with Crippen molar-refractivity contribution in [3.8, 4) is 0 Å². The summed E-state index contributed by atoms with van der Waals surface area (Å²) in [5, 5.41) is 3.87. The standard InChI is InChI=1S/C16H21N3O.2ClH/c1-4-10(2)14(17)16(20)19-13-8-7-11(3)15-12(13)6-5-9-18-15;;/h5-10,14H,4,17H2,1-3H3,(H,19,20);2*1H. The van der Waals surface area contributed by atoms with Gasteiger partial charge in [-0.15, -0.1) is 24.8 Å². The lowest BCUT2D eigenvalue weighted by Gasteiger charge is -2.18. The topological polar surface area (TPSA) is 68.0 Å². The van der Waals surface area contributed by atoms with Gasteiger partial charge in [0.05, 0.1) is 17.2 Å². The van der Waals surface area contributed by atoms with Crippen molar-refractivity contribution in [2.75, 3.05) is 5.32 Å². The van der Waals surface area contributed by atoms with E-state index in [0.717, 1.165) is 28.6 Å². The fourth-order valence-electron chi connectivity index (χ4n) is 2.15. The fraction of sp³-hybridized carbons (Fsp3) is 0.375. The molecule has 1 aromatic carbocycles. The fourth-order valence-corrected chi connectivity index (χ4v) is 2.15. The van der Waals surface area contributed by atoms with Crippen molar-refractivity contribution < 1.29 is 4.79 Å².